The number of likely N-dealkylation sites (N-methyl/N-ethyl adjacent to an activating group) is 1. The summed E-state index contributed by atoms with van der Waals surface area (Å²) in [6.45, 7) is 1.36. The van der Waals surface area contributed by atoms with Gasteiger partial charge in [-0.3, -0.25) is 9.59 Å². The maximum absolute atomic E-state index is 12.1. The van der Waals surface area contributed by atoms with E-state index in [0.29, 0.717) is 22.0 Å². The third kappa shape index (κ3) is 1.80. The van der Waals surface area contributed by atoms with Gasteiger partial charge >= 0.3 is 0 Å². The van der Waals surface area contributed by atoms with Gasteiger partial charge in [0.1, 0.15) is 11.8 Å². The summed E-state index contributed by atoms with van der Waals surface area (Å²) in [4.78, 5) is 24.7. The normalized spacial score (nSPS) is 17.7. The second-order valence-corrected chi connectivity index (χ2v) is 4.45. The van der Waals surface area contributed by atoms with Crippen LogP contribution in [0.3, 0.4) is 0 Å². The first kappa shape index (κ1) is 12.7. The van der Waals surface area contributed by atoms with Crippen molar-refractivity contribution in [1.29, 1.82) is 0 Å². The van der Waals surface area contributed by atoms with Gasteiger partial charge in [0.05, 0.1) is 12.8 Å². The number of hydrogen-bond acceptors (Lipinski definition) is 3. The third-order valence-corrected chi connectivity index (χ3v) is 3.23. The molecule has 2 rings (SSSR count). The molecular formula is C12H13ClN2O3. The summed E-state index contributed by atoms with van der Waals surface area (Å²) < 4.78 is 5.22. The predicted molar refractivity (Wildman–Crippen MR) is 68.0 cm³/mol. The standard InChI is InChI=1S/C12H13ClN2O3/c1-6(16)14-10-9-7(13)4-5-8(18-3)11(9)15(2)12(10)17/h4-5,10H,1-3H3,(H,14,16)/t10-/m1/s1. The number of halogens is 1. The minimum Gasteiger partial charge on any atom is -0.495 e. The summed E-state index contributed by atoms with van der Waals surface area (Å²) in [5.74, 6) is 0.0400. The largest absolute Gasteiger partial charge is 0.495 e. The van der Waals surface area contributed by atoms with E-state index in [1.807, 2.05) is 0 Å². The Kier molecular flexibility index (Phi) is 3.17. The van der Waals surface area contributed by atoms with Crippen molar-refractivity contribution in [2.45, 2.75) is 13.0 Å². The molecule has 1 aromatic rings. The van der Waals surface area contributed by atoms with Crippen molar-refractivity contribution in [3.63, 3.8) is 0 Å². The molecule has 1 aliphatic heterocycles. The quantitative estimate of drug-likeness (QED) is 0.884. The number of fused-ring (bicyclic) bond motifs is 1. The minimum atomic E-state index is -0.745. The van der Waals surface area contributed by atoms with Crippen LogP contribution in [-0.2, 0) is 9.59 Å². The van der Waals surface area contributed by atoms with Crippen LogP contribution in [0.15, 0.2) is 12.1 Å². The molecule has 1 aromatic carbocycles. The maximum atomic E-state index is 12.1. The molecule has 1 heterocycles. The van der Waals surface area contributed by atoms with Crippen molar-refractivity contribution >= 4 is 29.1 Å². The Morgan fingerprint density at radius 2 is 2.17 bits per heavy atom. The second kappa shape index (κ2) is 4.49. The van der Waals surface area contributed by atoms with E-state index in [2.05, 4.69) is 5.32 Å². The van der Waals surface area contributed by atoms with Gasteiger partial charge in [-0.1, -0.05) is 11.6 Å². The highest BCUT2D eigenvalue weighted by Gasteiger charge is 2.39. The molecule has 1 atom stereocenters. The summed E-state index contributed by atoms with van der Waals surface area (Å²) in [5, 5.41) is 3.03. The van der Waals surface area contributed by atoms with E-state index < -0.39 is 6.04 Å². The lowest BCUT2D eigenvalue weighted by atomic mass is 10.1. The third-order valence-electron chi connectivity index (χ3n) is 2.90. The van der Waals surface area contributed by atoms with Gasteiger partial charge in [0.15, 0.2) is 0 Å². The van der Waals surface area contributed by atoms with E-state index in [9.17, 15) is 9.59 Å². The van der Waals surface area contributed by atoms with Gasteiger partial charge in [-0.25, -0.2) is 0 Å². The SMILES string of the molecule is COc1ccc(Cl)c2c1N(C)C(=O)[C@@H]2NC(C)=O. The lowest BCUT2D eigenvalue weighted by molar-refractivity contribution is -0.125. The number of rotatable bonds is 2. The van der Waals surface area contributed by atoms with Crippen LogP contribution < -0.4 is 15.0 Å². The Morgan fingerprint density at radius 3 is 2.72 bits per heavy atom. The second-order valence-electron chi connectivity index (χ2n) is 4.04. The number of anilines is 1. The molecule has 2 amide bonds. The molecule has 0 unspecified atom stereocenters. The Labute approximate surface area is 110 Å². The maximum Gasteiger partial charge on any atom is 0.254 e. The molecule has 0 spiro atoms. The first-order chi connectivity index (χ1) is 8.47. The Balaban J connectivity index is 2.60. The molecule has 0 saturated heterocycles. The predicted octanol–water partition coefficient (Wildman–Crippen LogP) is 1.50. The molecule has 0 radical (unpaired) electrons. The van der Waals surface area contributed by atoms with E-state index in [0.717, 1.165) is 0 Å². The summed E-state index contributed by atoms with van der Waals surface area (Å²) >= 11 is 6.12. The zero-order chi connectivity index (χ0) is 13.4. The average molecular weight is 269 g/mol. The zero-order valence-electron chi connectivity index (χ0n) is 10.3. The number of carbonyl (C=O) groups is 2. The van der Waals surface area contributed by atoms with Crippen molar-refractivity contribution < 1.29 is 14.3 Å². The summed E-state index contributed by atoms with van der Waals surface area (Å²) in [6.07, 6.45) is 0. The molecule has 1 N–H and O–H groups in total. The molecule has 0 aliphatic carbocycles. The van der Waals surface area contributed by atoms with Crippen LogP contribution in [0.1, 0.15) is 18.5 Å². The summed E-state index contributed by atoms with van der Waals surface area (Å²) in [6, 6.07) is 2.60. The average Bonchev–Trinajstić information content (AvgIpc) is 2.56. The van der Waals surface area contributed by atoms with Crippen molar-refractivity contribution in [2.75, 3.05) is 19.1 Å². The molecule has 6 heteroatoms. The summed E-state index contributed by atoms with van der Waals surface area (Å²) in [7, 11) is 3.15. The number of nitrogens with one attached hydrogen (secondary N) is 1. The highest BCUT2D eigenvalue weighted by Crippen LogP contribution is 2.45. The van der Waals surface area contributed by atoms with Crippen LogP contribution in [0.4, 0.5) is 5.69 Å². The van der Waals surface area contributed by atoms with E-state index in [1.165, 1.54) is 18.9 Å². The van der Waals surface area contributed by atoms with Crippen LogP contribution >= 0.6 is 11.6 Å². The molecule has 0 aromatic heterocycles. The van der Waals surface area contributed by atoms with Crippen molar-refractivity contribution in [1.82, 2.24) is 5.32 Å². The molecule has 5 nitrogen and oxygen atoms in total. The van der Waals surface area contributed by atoms with Crippen LogP contribution in [0.2, 0.25) is 5.02 Å². The van der Waals surface area contributed by atoms with Crippen LogP contribution in [0.25, 0.3) is 0 Å². The van der Waals surface area contributed by atoms with Gasteiger partial charge in [-0.15, -0.1) is 0 Å². The minimum absolute atomic E-state index is 0.230. The van der Waals surface area contributed by atoms with Crippen LogP contribution in [0.5, 0.6) is 5.75 Å². The number of ether oxygens (including phenoxy) is 1. The number of nitrogens with zero attached hydrogens (tertiary/aromatic N) is 1. The summed E-state index contributed by atoms with van der Waals surface area (Å²) in [5.41, 5.74) is 1.19. The lowest BCUT2D eigenvalue weighted by Crippen LogP contribution is -2.34. The molecule has 96 valence electrons. The molecule has 0 saturated carbocycles. The fourth-order valence-corrected chi connectivity index (χ4v) is 2.37. The van der Waals surface area contributed by atoms with Gasteiger partial charge in [0.2, 0.25) is 5.91 Å². The molecule has 0 fully saturated rings. The van der Waals surface area contributed by atoms with Crippen molar-refractivity contribution in [3.05, 3.63) is 22.7 Å². The highest BCUT2D eigenvalue weighted by atomic mass is 35.5. The van der Waals surface area contributed by atoms with Crippen LogP contribution in [-0.4, -0.2) is 26.0 Å². The van der Waals surface area contributed by atoms with E-state index in [4.69, 9.17) is 16.3 Å². The first-order valence-corrected chi connectivity index (χ1v) is 5.76. The van der Waals surface area contributed by atoms with Crippen LogP contribution in [0, 0.1) is 0 Å². The monoisotopic (exact) mass is 268 g/mol. The van der Waals surface area contributed by atoms with Gasteiger partial charge < -0.3 is 15.0 Å². The fraction of sp³-hybridized carbons (Fsp3) is 0.333. The smallest absolute Gasteiger partial charge is 0.254 e. The van der Waals surface area contributed by atoms with E-state index in [1.54, 1.807) is 19.2 Å². The number of hydrogen-bond donors (Lipinski definition) is 1. The topological polar surface area (TPSA) is 58.6 Å². The number of carbonyl (C=O) groups excluding carboxylic acids is 2. The highest BCUT2D eigenvalue weighted by molar-refractivity contribution is 6.33. The van der Waals surface area contributed by atoms with E-state index >= 15 is 0 Å². The zero-order valence-corrected chi connectivity index (χ0v) is 11.0. The fourth-order valence-electron chi connectivity index (χ4n) is 2.11. The lowest BCUT2D eigenvalue weighted by Gasteiger charge is -2.14. The van der Waals surface area contributed by atoms with Gasteiger partial charge in [-0.2, -0.15) is 0 Å². The van der Waals surface area contributed by atoms with Gasteiger partial charge in [0.25, 0.3) is 5.91 Å². The Bertz CT molecular complexity index is 530. The van der Waals surface area contributed by atoms with Crippen molar-refractivity contribution in [2.24, 2.45) is 0 Å². The Hall–Kier alpha value is -1.75. The number of methoxy groups -OCH3 is 1. The Morgan fingerprint density at radius 1 is 1.50 bits per heavy atom. The van der Waals surface area contributed by atoms with Gasteiger partial charge in [-0.05, 0) is 12.1 Å². The molecule has 1 aliphatic rings. The number of amides is 2. The number of benzene rings is 1. The molecule has 0 bridgehead atoms. The van der Waals surface area contributed by atoms with Crippen molar-refractivity contribution in [3.8, 4) is 5.75 Å². The first-order valence-electron chi connectivity index (χ1n) is 5.38. The van der Waals surface area contributed by atoms with E-state index in [-0.39, 0.29) is 11.8 Å². The molecular weight excluding hydrogens is 256 g/mol. The van der Waals surface area contributed by atoms with Gasteiger partial charge in [0, 0.05) is 24.6 Å². The molecule has 18 heavy (non-hydrogen) atoms.